The summed E-state index contributed by atoms with van der Waals surface area (Å²) >= 11 is 13.3. The van der Waals surface area contributed by atoms with Gasteiger partial charge in [-0.15, -0.1) is 21.5 Å². The number of hydrogen-bond acceptors (Lipinski definition) is 7. The quantitative estimate of drug-likeness (QED) is 0.522. The number of aromatic nitrogens is 2. The number of carbonyl (C=O) groups is 1. The van der Waals surface area contributed by atoms with E-state index in [0.717, 1.165) is 4.88 Å². The van der Waals surface area contributed by atoms with Gasteiger partial charge in [0.2, 0.25) is 0 Å². The summed E-state index contributed by atoms with van der Waals surface area (Å²) in [6.45, 7) is 1.62. The van der Waals surface area contributed by atoms with Crippen LogP contribution in [0.4, 0.5) is 5.69 Å². The molecule has 2 N–H and O–H groups in total. The standard InChI is InChI=1S/C15H11Cl2N3O3S/c1-7(13-19-20-14(23-13)11-3-2-4-24-11)22-15(21)9-5-8(16)6-10(17)12(9)18/h2-7H,18H2,1H3/t7-/m1/s1. The van der Waals surface area contributed by atoms with Gasteiger partial charge < -0.3 is 14.9 Å². The largest absolute Gasteiger partial charge is 0.449 e. The molecule has 6 nitrogen and oxygen atoms in total. The normalized spacial score (nSPS) is 12.1. The van der Waals surface area contributed by atoms with Crippen molar-refractivity contribution in [1.29, 1.82) is 0 Å². The van der Waals surface area contributed by atoms with Gasteiger partial charge in [0.05, 0.1) is 21.2 Å². The molecule has 0 aliphatic heterocycles. The van der Waals surface area contributed by atoms with Crippen LogP contribution in [0.3, 0.4) is 0 Å². The zero-order valence-corrected chi connectivity index (χ0v) is 14.7. The van der Waals surface area contributed by atoms with E-state index in [1.165, 1.54) is 23.5 Å². The molecule has 3 aromatic rings. The van der Waals surface area contributed by atoms with E-state index in [0.29, 0.717) is 5.89 Å². The molecule has 0 unspecified atom stereocenters. The molecule has 2 aromatic heterocycles. The smallest absolute Gasteiger partial charge is 0.341 e. The molecule has 1 atom stereocenters. The van der Waals surface area contributed by atoms with Crippen molar-refractivity contribution < 1.29 is 13.9 Å². The minimum absolute atomic E-state index is 0.0809. The molecule has 1 aromatic carbocycles. The van der Waals surface area contributed by atoms with Crippen molar-refractivity contribution >= 4 is 46.2 Å². The second-order valence-corrected chi connectivity index (χ2v) is 6.61. The zero-order valence-electron chi connectivity index (χ0n) is 12.3. The first-order valence-corrected chi connectivity index (χ1v) is 8.42. The van der Waals surface area contributed by atoms with Crippen LogP contribution in [0.25, 0.3) is 10.8 Å². The average molecular weight is 384 g/mol. The van der Waals surface area contributed by atoms with Gasteiger partial charge in [-0.2, -0.15) is 0 Å². The van der Waals surface area contributed by atoms with Gasteiger partial charge in [0.15, 0.2) is 6.10 Å². The van der Waals surface area contributed by atoms with Crippen LogP contribution in [0.5, 0.6) is 0 Å². The lowest BCUT2D eigenvalue weighted by molar-refractivity contribution is 0.0281. The number of halogens is 2. The Bertz CT molecular complexity index is 880. The van der Waals surface area contributed by atoms with E-state index >= 15 is 0 Å². The lowest BCUT2D eigenvalue weighted by atomic mass is 10.2. The van der Waals surface area contributed by atoms with E-state index < -0.39 is 12.1 Å². The second-order valence-electron chi connectivity index (χ2n) is 4.82. The van der Waals surface area contributed by atoms with E-state index in [4.69, 9.17) is 38.1 Å². The van der Waals surface area contributed by atoms with Crippen LogP contribution in [-0.4, -0.2) is 16.2 Å². The number of rotatable bonds is 4. The Morgan fingerprint density at radius 3 is 2.88 bits per heavy atom. The number of hydrogen-bond donors (Lipinski definition) is 1. The molecule has 0 amide bonds. The Balaban J connectivity index is 1.78. The minimum Gasteiger partial charge on any atom is -0.449 e. The molecule has 0 saturated heterocycles. The number of benzene rings is 1. The summed E-state index contributed by atoms with van der Waals surface area (Å²) < 4.78 is 10.8. The first-order chi connectivity index (χ1) is 11.5. The first kappa shape index (κ1) is 16.8. The molecule has 0 spiro atoms. The summed E-state index contributed by atoms with van der Waals surface area (Å²) in [6, 6.07) is 6.57. The van der Waals surface area contributed by atoms with Crippen molar-refractivity contribution in [3.63, 3.8) is 0 Å². The molecule has 124 valence electrons. The van der Waals surface area contributed by atoms with Crippen LogP contribution in [0.15, 0.2) is 34.1 Å². The van der Waals surface area contributed by atoms with Crippen molar-refractivity contribution in [1.82, 2.24) is 10.2 Å². The summed E-state index contributed by atoms with van der Waals surface area (Å²) in [5, 5.41) is 10.2. The number of ether oxygens (including phenoxy) is 1. The van der Waals surface area contributed by atoms with Gasteiger partial charge in [0.25, 0.3) is 11.8 Å². The predicted octanol–water partition coefficient (Wildman–Crippen LogP) is 4.61. The van der Waals surface area contributed by atoms with Gasteiger partial charge in [-0.3, -0.25) is 0 Å². The fraction of sp³-hybridized carbons (Fsp3) is 0.133. The minimum atomic E-state index is -0.754. The highest BCUT2D eigenvalue weighted by Gasteiger charge is 2.22. The molecule has 0 fully saturated rings. The van der Waals surface area contributed by atoms with E-state index in [1.54, 1.807) is 6.92 Å². The molecule has 0 aliphatic rings. The Morgan fingerprint density at radius 1 is 1.38 bits per heavy atom. The maximum absolute atomic E-state index is 12.3. The molecule has 3 rings (SSSR count). The van der Waals surface area contributed by atoms with Gasteiger partial charge in [0, 0.05) is 5.02 Å². The van der Waals surface area contributed by atoms with Crippen LogP contribution < -0.4 is 5.73 Å². The monoisotopic (exact) mass is 383 g/mol. The first-order valence-electron chi connectivity index (χ1n) is 6.78. The molecule has 0 radical (unpaired) electrons. The molecular weight excluding hydrogens is 373 g/mol. The zero-order chi connectivity index (χ0) is 17.3. The number of thiophene rings is 1. The van der Waals surface area contributed by atoms with E-state index in [2.05, 4.69) is 10.2 Å². The number of carbonyl (C=O) groups excluding carboxylic acids is 1. The summed E-state index contributed by atoms with van der Waals surface area (Å²) in [5.41, 5.74) is 5.97. The van der Waals surface area contributed by atoms with Gasteiger partial charge in [0.1, 0.15) is 0 Å². The summed E-state index contributed by atoms with van der Waals surface area (Å²) in [6.07, 6.45) is -0.754. The van der Waals surface area contributed by atoms with Gasteiger partial charge >= 0.3 is 5.97 Å². The maximum Gasteiger partial charge on any atom is 0.341 e. The Hall–Kier alpha value is -2.09. The molecule has 2 heterocycles. The predicted molar refractivity (Wildman–Crippen MR) is 92.3 cm³/mol. The van der Waals surface area contributed by atoms with Crippen molar-refractivity contribution in [2.45, 2.75) is 13.0 Å². The third-order valence-electron chi connectivity index (χ3n) is 3.12. The van der Waals surface area contributed by atoms with Crippen molar-refractivity contribution in [2.24, 2.45) is 0 Å². The fourth-order valence-corrected chi connectivity index (χ4v) is 3.06. The highest BCUT2D eigenvalue weighted by molar-refractivity contribution is 7.13. The summed E-state index contributed by atoms with van der Waals surface area (Å²) in [7, 11) is 0. The molecule has 0 saturated carbocycles. The lowest BCUT2D eigenvalue weighted by Gasteiger charge is -2.11. The molecular formula is C15H11Cl2N3O3S. The SMILES string of the molecule is C[C@@H](OC(=O)c1cc(Cl)cc(Cl)c1N)c1nnc(-c2cccs2)o1. The highest BCUT2D eigenvalue weighted by Crippen LogP contribution is 2.30. The van der Waals surface area contributed by atoms with Gasteiger partial charge in [-0.1, -0.05) is 29.3 Å². The topological polar surface area (TPSA) is 91.2 Å². The molecule has 24 heavy (non-hydrogen) atoms. The maximum atomic E-state index is 12.3. The Morgan fingerprint density at radius 2 is 2.17 bits per heavy atom. The van der Waals surface area contributed by atoms with Crippen LogP contribution >= 0.6 is 34.5 Å². The molecule has 0 bridgehead atoms. The summed E-state index contributed by atoms with van der Waals surface area (Å²) in [5.74, 6) is -0.132. The number of anilines is 1. The van der Waals surface area contributed by atoms with Crippen LogP contribution in [-0.2, 0) is 4.74 Å². The molecule has 0 aliphatic carbocycles. The Kier molecular flexibility index (Phi) is 4.75. The summed E-state index contributed by atoms with van der Waals surface area (Å²) in [4.78, 5) is 13.1. The van der Waals surface area contributed by atoms with Crippen molar-refractivity contribution in [3.05, 3.63) is 51.1 Å². The average Bonchev–Trinajstić information content (AvgIpc) is 3.20. The third-order valence-corrected chi connectivity index (χ3v) is 4.51. The van der Waals surface area contributed by atoms with Crippen molar-refractivity contribution in [2.75, 3.05) is 5.73 Å². The third kappa shape index (κ3) is 3.38. The fourth-order valence-electron chi connectivity index (χ4n) is 1.93. The van der Waals surface area contributed by atoms with Crippen molar-refractivity contribution in [3.8, 4) is 10.8 Å². The lowest BCUT2D eigenvalue weighted by Crippen LogP contribution is -2.12. The molecule has 9 heteroatoms. The van der Waals surface area contributed by atoms with Crippen LogP contribution in [0, 0.1) is 0 Å². The highest BCUT2D eigenvalue weighted by atomic mass is 35.5. The number of nitrogens with zero attached hydrogens (tertiary/aromatic N) is 2. The number of nitrogens with two attached hydrogens (primary N) is 1. The second kappa shape index (κ2) is 6.80. The van der Waals surface area contributed by atoms with Crippen LogP contribution in [0.1, 0.15) is 29.3 Å². The van der Waals surface area contributed by atoms with E-state index in [9.17, 15) is 4.79 Å². The van der Waals surface area contributed by atoms with E-state index in [1.807, 2.05) is 17.5 Å². The van der Waals surface area contributed by atoms with E-state index in [-0.39, 0.29) is 27.2 Å². The van der Waals surface area contributed by atoms with Gasteiger partial charge in [-0.25, -0.2) is 4.79 Å². The van der Waals surface area contributed by atoms with Gasteiger partial charge in [-0.05, 0) is 30.5 Å². The van der Waals surface area contributed by atoms with Crippen LogP contribution in [0.2, 0.25) is 10.0 Å². The number of nitrogen functional groups attached to an aromatic ring is 1. The Labute approximate surface area is 151 Å². The number of esters is 1.